The van der Waals surface area contributed by atoms with Crippen molar-refractivity contribution in [3.8, 4) is 0 Å². The van der Waals surface area contributed by atoms with Crippen LogP contribution in [-0.4, -0.2) is 51.1 Å². The number of halogens is 4. The molecule has 0 aromatic heterocycles. The number of carbonyl (C=O) groups is 1. The summed E-state index contributed by atoms with van der Waals surface area (Å²) < 4.78 is 62.1. The number of piperidine rings is 1. The molecule has 1 aliphatic carbocycles. The molecule has 2 rings (SSSR count). The molecule has 5 nitrogen and oxygen atoms in total. The predicted octanol–water partition coefficient (Wildman–Crippen LogP) is 2.06. The molecule has 1 aliphatic heterocycles. The number of rotatable bonds is 4. The first-order valence-electron chi connectivity index (χ1n) is 8.33. The van der Waals surface area contributed by atoms with Crippen molar-refractivity contribution in [3.05, 3.63) is 0 Å². The highest BCUT2D eigenvalue weighted by atomic mass is 35.5. The summed E-state index contributed by atoms with van der Waals surface area (Å²) >= 11 is 0. The molecule has 2 fully saturated rings. The predicted molar refractivity (Wildman–Crippen MR) is 91.4 cm³/mol. The van der Waals surface area contributed by atoms with E-state index in [0.29, 0.717) is 32.4 Å². The normalized spacial score (nSPS) is 27.2. The third kappa shape index (κ3) is 5.01. The second kappa shape index (κ2) is 8.43. The zero-order valence-electron chi connectivity index (χ0n) is 14.2. The smallest absolute Gasteiger partial charge is 0.354 e. The maximum Gasteiger partial charge on any atom is 0.392 e. The molecule has 1 saturated heterocycles. The highest BCUT2D eigenvalue weighted by molar-refractivity contribution is 7.92. The largest absolute Gasteiger partial charge is 0.392 e. The highest BCUT2D eigenvalue weighted by Crippen LogP contribution is 2.41. The molecule has 0 bridgehead atoms. The minimum atomic E-state index is -4.28. The standard InChI is InChI=1S/C15H25F3N2O3S.ClH/c1-24(22,23)14(6-8-19-9-7-14)13(21)20-10-11-4-2-3-5-12(11)15(16,17)18;/h11-12,19H,2-10H2,1H3,(H,20,21);1H. The van der Waals surface area contributed by atoms with E-state index in [1.165, 1.54) is 0 Å². The monoisotopic (exact) mass is 406 g/mol. The Morgan fingerprint density at radius 2 is 1.76 bits per heavy atom. The molecule has 25 heavy (non-hydrogen) atoms. The van der Waals surface area contributed by atoms with Gasteiger partial charge in [-0.05, 0) is 44.7 Å². The number of alkyl halides is 3. The van der Waals surface area contributed by atoms with E-state index in [-0.39, 0.29) is 38.2 Å². The molecule has 1 saturated carbocycles. The van der Waals surface area contributed by atoms with Crippen LogP contribution in [0.1, 0.15) is 38.5 Å². The Hall–Kier alpha value is -0.540. The molecule has 0 aromatic rings. The lowest BCUT2D eigenvalue weighted by molar-refractivity contribution is -0.195. The molecule has 148 valence electrons. The van der Waals surface area contributed by atoms with E-state index in [2.05, 4.69) is 10.6 Å². The van der Waals surface area contributed by atoms with E-state index < -0.39 is 38.5 Å². The molecule has 2 atom stereocenters. The van der Waals surface area contributed by atoms with Crippen molar-refractivity contribution in [1.29, 1.82) is 0 Å². The number of nitrogens with one attached hydrogen (secondary N) is 2. The Kier molecular flexibility index (Phi) is 7.59. The summed E-state index contributed by atoms with van der Waals surface area (Å²) in [6, 6.07) is 0. The summed E-state index contributed by atoms with van der Waals surface area (Å²) in [7, 11) is -3.66. The van der Waals surface area contributed by atoms with Gasteiger partial charge in [0.1, 0.15) is 0 Å². The van der Waals surface area contributed by atoms with Gasteiger partial charge in [0.15, 0.2) is 14.6 Å². The van der Waals surface area contributed by atoms with Crippen molar-refractivity contribution in [1.82, 2.24) is 10.6 Å². The first-order chi connectivity index (χ1) is 11.1. The third-order valence-electron chi connectivity index (χ3n) is 5.39. The summed E-state index contributed by atoms with van der Waals surface area (Å²) in [6.45, 7) is 0.678. The van der Waals surface area contributed by atoms with Crippen LogP contribution >= 0.6 is 12.4 Å². The average Bonchev–Trinajstić information content (AvgIpc) is 2.51. The van der Waals surface area contributed by atoms with Gasteiger partial charge in [-0.1, -0.05) is 12.8 Å². The Morgan fingerprint density at radius 3 is 2.28 bits per heavy atom. The van der Waals surface area contributed by atoms with Crippen LogP contribution in [0.2, 0.25) is 0 Å². The average molecular weight is 407 g/mol. The Balaban J connectivity index is 0.00000312. The fourth-order valence-electron chi connectivity index (χ4n) is 3.86. The van der Waals surface area contributed by atoms with Crippen molar-refractivity contribution in [3.63, 3.8) is 0 Å². The van der Waals surface area contributed by atoms with E-state index in [9.17, 15) is 26.4 Å². The molecular weight excluding hydrogens is 381 g/mol. The van der Waals surface area contributed by atoms with E-state index in [4.69, 9.17) is 0 Å². The van der Waals surface area contributed by atoms with Crippen molar-refractivity contribution in [2.75, 3.05) is 25.9 Å². The molecule has 0 spiro atoms. The second-order valence-electron chi connectivity index (χ2n) is 6.92. The first-order valence-corrected chi connectivity index (χ1v) is 10.2. The van der Waals surface area contributed by atoms with Crippen LogP contribution in [0.5, 0.6) is 0 Å². The SMILES string of the molecule is CS(=O)(=O)C1(C(=O)NCC2CCCCC2C(F)(F)F)CCNCC1.Cl. The number of hydrogen-bond donors (Lipinski definition) is 2. The van der Waals surface area contributed by atoms with Crippen LogP contribution in [0.15, 0.2) is 0 Å². The van der Waals surface area contributed by atoms with Gasteiger partial charge in [0.25, 0.3) is 0 Å². The minimum absolute atomic E-state index is 0. The van der Waals surface area contributed by atoms with Gasteiger partial charge >= 0.3 is 6.18 Å². The zero-order valence-corrected chi connectivity index (χ0v) is 15.8. The van der Waals surface area contributed by atoms with E-state index in [1.54, 1.807) is 0 Å². The molecule has 1 heterocycles. The lowest BCUT2D eigenvalue weighted by Crippen LogP contribution is -2.58. The number of carbonyl (C=O) groups excluding carboxylic acids is 1. The van der Waals surface area contributed by atoms with Crippen LogP contribution in [0.3, 0.4) is 0 Å². The topological polar surface area (TPSA) is 75.3 Å². The van der Waals surface area contributed by atoms with Crippen molar-refractivity contribution in [2.24, 2.45) is 11.8 Å². The number of sulfone groups is 1. The Morgan fingerprint density at radius 1 is 1.20 bits per heavy atom. The van der Waals surface area contributed by atoms with E-state index >= 15 is 0 Å². The fraction of sp³-hybridized carbons (Fsp3) is 0.933. The fourth-order valence-corrected chi connectivity index (χ4v) is 5.22. The maximum atomic E-state index is 13.1. The summed E-state index contributed by atoms with van der Waals surface area (Å²) in [6.07, 6.45) is -1.25. The molecule has 1 amide bonds. The summed E-state index contributed by atoms with van der Waals surface area (Å²) in [5.41, 5.74) is 0. The third-order valence-corrected chi connectivity index (χ3v) is 7.40. The van der Waals surface area contributed by atoms with Gasteiger partial charge in [0, 0.05) is 12.8 Å². The van der Waals surface area contributed by atoms with Crippen LogP contribution in [0.25, 0.3) is 0 Å². The first kappa shape index (κ1) is 22.5. The second-order valence-corrected chi connectivity index (χ2v) is 9.24. The van der Waals surface area contributed by atoms with E-state index in [0.717, 1.165) is 6.26 Å². The molecule has 0 aromatic carbocycles. The quantitative estimate of drug-likeness (QED) is 0.749. The molecule has 2 aliphatic rings. The number of hydrogen-bond acceptors (Lipinski definition) is 4. The van der Waals surface area contributed by atoms with Gasteiger partial charge in [0.05, 0.1) is 5.92 Å². The lowest BCUT2D eigenvalue weighted by atomic mass is 9.78. The van der Waals surface area contributed by atoms with Gasteiger partial charge in [-0.3, -0.25) is 4.79 Å². The van der Waals surface area contributed by atoms with Crippen molar-refractivity contribution >= 4 is 28.2 Å². The molecule has 2 unspecified atom stereocenters. The minimum Gasteiger partial charge on any atom is -0.354 e. The number of amides is 1. The zero-order chi connectivity index (χ0) is 18.0. The highest BCUT2D eigenvalue weighted by Gasteiger charge is 2.50. The van der Waals surface area contributed by atoms with Crippen LogP contribution in [0, 0.1) is 11.8 Å². The van der Waals surface area contributed by atoms with Crippen LogP contribution < -0.4 is 10.6 Å². The molecule has 2 N–H and O–H groups in total. The van der Waals surface area contributed by atoms with Gasteiger partial charge in [0.2, 0.25) is 5.91 Å². The molecule has 0 radical (unpaired) electrons. The van der Waals surface area contributed by atoms with Gasteiger partial charge < -0.3 is 10.6 Å². The van der Waals surface area contributed by atoms with Gasteiger partial charge in [-0.15, -0.1) is 12.4 Å². The summed E-state index contributed by atoms with van der Waals surface area (Å²) in [5.74, 6) is -2.76. The molecule has 10 heteroatoms. The molecular formula is C15H26ClF3N2O3S. The summed E-state index contributed by atoms with van der Waals surface area (Å²) in [4.78, 5) is 12.6. The lowest BCUT2D eigenvalue weighted by Gasteiger charge is -2.36. The van der Waals surface area contributed by atoms with Gasteiger partial charge in [-0.25, -0.2) is 8.42 Å². The maximum absolute atomic E-state index is 13.1. The Bertz CT molecular complexity index is 563. The van der Waals surface area contributed by atoms with Crippen molar-refractivity contribution < 1.29 is 26.4 Å². The Labute approximate surface area is 152 Å². The van der Waals surface area contributed by atoms with Crippen LogP contribution in [-0.2, 0) is 14.6 Å². The van der Waals surface area contributed by atoms with Gasteiger partial charge in [-0.2, -0.15) is 13.2 Å². The van der Waals surface area contributed by atoms with Crippen LogP contribution in [0.4, 0.5) is 13.2 Å². The van der Waals surface area contributed by atoms with Crippen molar-refractivity contribution in [2.45, 2.75) is 49.4 Å². The van der Waals surface area contributed by atoms with E-state index in [1.807, 2.05) is 0 Å². The summed E-state index contributed by atoms with van der Waals surface area (Å²) in [5, 5.41) is 5.53.